The van der Waals surface area contributed by atoms with Gasteiger partial charge in [0.1, 0.15) is 5.82 Å². The number of fused-ring (bicyclic) bond motifs is 2. The van der Waals surface area contributed by atoms with Crippen LogP contribution in [-0.2, 0) is 0 Å². The van der Waals surface area contributed by atoms with Gasteiger partial charge in [0.05, 0.1) is 23.1 Å². The number of nitrogens with two attached hydrogens (primary N) is 2. The number of aromatic nitrogens is 3. The molecule has 2 heterocycles. The summed E-state index contributed by atoms with van der Waals surface area (Å²) in [6, 6.07) is 15.1. The van der Waals surface area contributed by atoms with Crippen LogP contribution in [0.1, 0.15) is 41.6 Å². The highest BCUT2D eigenvalue weighted by Crippen LogP contribution is 2.29. The molecular weight excluding hydrogens is 440 g/mol. The quantitative estimate of drug-likeness (QED) is 0.258. The fourth-order valence-corrected chi connectivity index (χ4v) is 4.60. The Hall–Kier alpha value is -4.27. The largest absolute Gasteiger partial charge is 0.370 e. The van der Waals surface area contributed by atoms with Crippen LogP contribution in [0.3, 0.4) is 0 Å². The van der Waals surface area contributed by atoms with E-state index < -0.39 is 0 Å². The Morgan fingerprint density at radius 1 is 1.03 bits per heavy atom. The molecule has 9 heteroatoms. The summed E-state index contributed by atoms with van der Waals surface area (Å²) < 4.78 is 0. The van der Waals surface area contributed by atoms with Gasteiger partial charge in [-0.2, -0.15) is 4.98 Å². The van der Waals surface area contributed by atoms with E-state index in [2.05, 4.69) is 25.6 Å². The van der Waals surface area contributed by atoms with Crippen LogP contribution in [0.15, 0.2) is 59.7 Å². The summed E-state index contributed by atoms with van der Waals surface area (Å²) in [4.78, 5) is 31.1. The highest BCUT2D eigenvalue weighted by atomic mass is 16.1. The van der Waals surface area contributed by atoms with E-state index in [0.717, 1.165) is 53.1 Å². The van der Waals surface area contributed by atoms with E-state index in [-0.39, 0.29) is 29.9 Å². The summed E-state index contributed by atoms with van der Waals surface area (Å²) in [6.07, 6.45) is 5.71. The van der Waals surface area contributed by atoms with Crippen LogP contribution in [0, 0.1) is 6.92 Å². The first-order valence-electron chi connectivity index (χ1n) is 11.8. The Bertz CT molecular complexity index is 1430. The molecule has 2 aromatic carbocycles. The van der Waals surface area contributed by atoms with Crippen molar-refractivity contribution in [3.8, 4) is 0 Å². The second-order valence-electron chi connectivity index (χ2n) is 8.94. The lowest BCUT2D eigenvalue weighted by molar-refractivity contribution is 0.102. The van der Waals surface area contributed by atoms with Gasteiger partial charge < -0.3 is 16.8 Å². The minimum absolute atomic E-state index is 0.0287. The number of anilines is 2. The van der Waals surface area contributed by atoms with Gasteiger partial charge in [-0.05, 0) is 56.2 Å². The van der Waals surface area contributed by atoms with Crippen molar-refractivity contribution in [2.75, 3.05) is 10.6 Å². The lowest BCUT2D eigenvalue weighted by Gasteiger charge is -2.30. The molecule has 5 rings (SSSR count). The molecule has 0 aliphatic heterocycles. The molecule has 6 N–H and O–H groups in total. The number of hydrogen-bond donors (Lipinski definition) is 4. The molecule has 2 atom stereocenters. The van der Waals surface area contributed by atoms with Crippen LogP contribution in [0.25, 0.3) is 21.8 Å². The summed E-state index contributed by atoms with van der Waals surface area (Å²) in [5.74, 6) is 0.684. The van der Waals surface area contributed by atoms with Gasteiger partial charge in [-0.25, -0.2) is 9.98 Å². The summed E-state index contributed by atoms with van der Waals surface area (Å²) in [6.45, 7) is 2.02. The Kier molecular flexibility index (Phi) is 6.13. The fourth-order valence-electron chi connectivity index (χ4n) is 4.60. The Morgan fingerprint density at radius 2 is 1.86 bits per heavy atom. The predicted molar refractivity (Wildman–Crippen MR) is 139 cm³/mol. The Morgan fingerprint density at radius 3 is 2.71 bits per heavy atom. The molecule has 1 saturated carbocycles. The Labute approximate surface area is 203 Å². The summed E-state index contributed by atoms with van der Waals surface area (Å²) in [5, 5.41) is 8.19. The average molecular weight is 469 g/mol. The first kappa shape index (κ1) is 22.5. The minimum atomic E-state index is -0.288. The lowest BCUT2D eigenvalue weighted by atomic mass is 9.90. The standard InChI is InChI=1S/C26H28N8O/c1-15-8-10-20-18(13-15)23(30-21-6-2-3-7-22(21)31-25(27)28)33-26(32-20)34-24(35)17-9-11-19-16(14-17)5-4-12-29-19/h4-5,8-14,21-22H,2-3,6-7H2,1H3,(H4,27,28,31)(H2,30,32,33,34,35). The third-order valence-electron chi connectivity index (χ3n) is 6.31. The zero-order chi connectivity index (χ0) is 24.4. The van der Waals surface area contributed by atoms with Gasteiger partial charge >= 0.3 is 0 Å². The molecule has 0 spiro atoms. The van der Waals surface area contributed by atoms with E-state index in [1.165, 1.54) is 0 Å². The van der Waals surface area contributed by atoms with Crippen LogP contribution >= 0.6 is 0 Å². The van der Waals surface area contributed by atoms with Gasteiger partial charge in [0.25, 0.3) is 5.91 Å². The van der Waals surface area contributed by atoms with Gasteiger partial charge in [-0.15, -0.1) is 0 Å². The fraction of sp³-hybridized carbons (Fsp3) is 0.269. The van der Waals surface area contributed by atoms with Crippen molar-refractivity contribution < 1.29 is 4.79 Å². The molecule has 2 unspecified atom stereocenters. The predicted octanol–water partition coefficient (Wildman–Crippen LogP) is 3.74. The number of aliphatic imine (C=N–C) groups is 1. The molecule has 1 aliphatic rings. The molecule has 0 bridgehead atoms. The average Bonchev–Trinajstić information content (AvgIpc) is 2.85. The molecule has 0 saturated heterocycles. The third-order valence-corrected chi connectivity index (χ3v) is 6.31. The van der Waals surface area contributed by atoms with E-state index in [1.54, 1.807) is 12.3 Å². The van der Waals surface area contributed by atoms with Crippen molar-refractivity contribution in [1.29, 1.82) is 0 Å². The normalized spacial score (nSPS) is 17.7. The molecule has 178 valence electrons. The van der Waals surface area contributed by atoms with Crippen LogP contribution in [0.2, 0.25) is 0 Å². The lowest BCUT2D eigenvalue weighted by Crippen LogP contribution is -2.38. The maximum atomic E-state index is 13.0. The first-order chi connectivity index (χ1) is 17.0. The molecule has 2 aromatic heterocycles. The summed E-state index contributed by atoms with van der Waals surface area (Å²) in [7, 11) is 0. The molecule has 1 aliphatic carbocycles. The van der Waals surface area contributed by atoms with Crippen LogP contribution < -0.4 is 22.1 Å². The molecule has 0 radical (unpaired) electrons. The van der Waals surface area contributed by atoms with E-state index in [4.69, 9.17) is 16.5 Å². The van der Waals surface area contributed by atoms with E-state index in [9.17, 15) is 4.79 Å². The van der Waals surface area contributed by atoms with Crippen molar-refractivity contribution in [2.24, 2.45) is 16.5 Å². The van der Waals surface area contributed by atoms with Crippen molar-refractivity contribution >= 4 is 45.4 Å². The van der Waals surface area contributed by atoms with Gasteiger partial charge in [-0.1, -0.05) is 30.5 Å². The van der Waals surface area contributed by atoms with Crippen molar-refractivity contribution in [2.45, 2.75) is 44.7 Å². The zero-order valence-corrected chi connectivity index (χ0v) is 19.5. The number of pyridine rings is 1. The number of guanidine groups is 1. The molecule has 35 heavy (non-hydrogen) atoms. The molecular formula is C26H28N8O. The molecule has 4 aromatic rings. The monoisotopic (exact) mass is 468 g/mol. The summed E-state index contributed by atoms with van der Waals surface area (Å²) >= 11 is 0. The number of nitrogens with one attached hydrogen (secondary N) is 2. The highest BCUT2D eigenvalue weighted by molar-refractivity contribution is 6.06. The summed E-state index contributed by atoms with van der Waals surface area (Å²) in [5.41, 5.74) is 14.5. The SMILES string of the molecule is Cc1ccc2nc(NC(=O)c3ccc4ncccc4c3)nc(NC3CCCCC3N=C(N)N)c2c1. The van der Waals surface area contributed by atoms with Crippen molar-refractivity contribution in [3.05, 3.63) is 65.9 Å². The van der Waals surface area contributed by atoms with Crippen molar-refractivity contribution in [1.82, 2.24) is 15.0 Å². The highest BCUT2D eigenvalue weighted by Gasteiger charge is 2.26. The number of carbonyl (C=O) groups excluding carboxylic acids is 1. The number of amides is 1. The van der Waals surface area contributed by atoms with E-state index >= 15 is 0 Å². The van der Waals surface area contributed by atoms with Gasteiger partial charge in [-0.3, -0.25) is 15.1 Å². The van der Waals surface area contributed by atoms with Gasteiger partial charge in [0.15, 0.2) is 5.96 Å². The second-order valence-corrected chi connectivity index (χ2v) is 8.94. The second kappa shape index (κ2) is 9.54. The third kappa shape index (κ3) is 4.98. The van der Waals surface area contributed by atoms with Crippen molar-refractivity contribution in [3.63, 3.8) is 0 Å². The number of benzene rings is 2. The van der Waals surface area contributed by atoms with E-state index in [0.29, 0.717) is 11.4 Å². The van der Waals surface area contributed by atoms with Gasteiger partial charge in [0, 0.05) is 22.5 Å². The zero-order valence-electron chi connectivity index (χ0n) is 19.5. The number of aryl methyl sites for hydroxylation is 1. The molecule has 1 amide bonds. The smallest absolute Gasteiger partial charge is 0.258 e. The number of hydrogen-bond acceptors (Lipinski definition) is 6. The maximum Gasteiger partial charge on any atom is 0.258 e. The van der Waals surface area contributed by atoms with Crippen LogP contribution in [0.4, 0.5) is 11.8 Å². The van der Waals surface area contributed by atoms with Crippen LogP contribution in [0.5, 0.6) is 0 Å². The molecule has 9 nitrogen and oxygen atoms in total. The maximum absolute atomic E-state index is 13.0. The topological polar surface area (TPSA) is 144 Å². The first-order valence-corrected chi connectivity index (χ1v) is 11.8. The van der Waals surface area contributed by atoms with Gasteiger partial charge in [0.2, 0.25) is 5.95 Å². The Balaban J connectivity index is 1.47. The number of rotatable bonds is 5. The minimum Gasteiger partial charge on any atom is -0.370 e. The van der Waals surface area contributed by atoms with Crippen LogP contribution in [-0.4, -0.2) is 38.9 Å². The number of nitrogens with zero attached hydrogens (tertiary/aromatic N) is 4. The number of carbonyl (C=O) groups is 1. The van der Waals surface area contributed by atoms with E-state index in [1.807, 2.05) is 49.4 Å². The molecule has 1 fully saturated rings.